The van der Waals surface area contributed by atoms with Crippen molar-refractivity contribution in [2.75, 3.05) is 0 Å². The summed E-state index contributed by atoms with van der Waals surface area (Å²) in [5.74, 6) is 0. The zero-order valence-electron chi connectivity index (χ0n) is 12.0. The molecular formula is C14H16ClNO5S. The van der Waals surface area contributed by atoms with Gasteiger partial charge in [-0.25, -0.2) is 8.42 Å². The number of rotatable bonds is 5. The van der Waals surface area contributed by atoms with Crippen LogP contribution >= 0.6 is 11.6 Å². The number of benzene rings is 1. The summed E-state index contributed by atoms with van der Waals surface area (Å²) in [5.41, 5.74) is -0.184. The highest BCUT2D eigenvalue weighted by Crippen LogP contribution is 2.36. The summed E-state index contributed by atoms with van der Waals surface area (Å²) < 4.78 is 25.4. The van der Waals surface area contributed by atoms with Gasteiger partial charge in [0, 0.05) is 11.6 Å². The van der Waals surface area contributed by atoms with Gasteiger partial charge < -0.3 is 0 Å². The Labute approximate surface area is 133 Å². The molecule has 0 N–H and O–H groups in total. The Balaban J connectivity index is 2.68. The SMILES string of the molecule is CCc1cc(S(=O)(=O)C2CCCC2)c([N+](=O)[O-])cc1C(=O)Cl. The van der Waals surface area contributed by atoms with E-state index in [4.69, 9.17) is 11.6 Å². The van der Waals surface area contributed by atoms with Gasteiger partial charge in [-0.3, -0.25) is 14.9 Å². The second kappa shape index (κ2) is 6.34. The molecule has 1 saturated carbocycles. The van der Waals surface area contributed by atoms with Gasteiger partial charge in [-0.15, -0.1) is 0 Å². The fourth-order valence-electron chi connectivity index (χ4n) is 2.83. The van der Waals surface area contributed by atoms with Gasteiger partial charge in [0.15, 0.2) is 9.84 Å². The van der Waals surface area contributed by atoms with E-state index in [1.807, 2.05) is 0 Å². The van der Waals surface area contributed by atoms with Gasteiger partial charge in [0.25, 0.3) is 10.9 Å². The first-order valence-corrected chi connectivity index (χ1v) is 8.96. The normalized spacial score (nSPS) is 15.9. The maximum absolute atomic E-state index is 12.7. The Morgan fingerprint density at radius 2 is 1.95 bits per heavy atom. The molecule has 0 atom stereocenters. The smallest absolute Gasteiger partial charge is 0.276 e. The van der Waals surface area contributed by atoms with Crippen molar-refractivity contribution in [2.24, 2.45) is 0 Å². The van der Waals surface area contributed by atoms with Crippen molar-refractivity contribution >= 4 is 32.4 Å². The summed E-state index contributed by atoms with van der Waals surface area (Å²) in [5, 5.41) is 9.83. The molecule has 0 aliphatic heterocycles. The summed E-state index contributed by atoms with van der Waals surface area (Å²) in [6, 6.07) is 2.22. The van der Waals surface area contributed by atoms with E-state index in [1.54, 1.807) is 6.92 Å². The number of nitro groups is 1. The molecule has 0 amide bonds. The standard InChI is InChI=1S/C14H16ClNO5S/c1-2-9-7-13(22(20,21)10-5-3-4-6-10)12(16(18)19)8-11(9)14(15)17/h7-8,10H,2-6H2,1H3. The van der Waals surface area contributed by atoms with Crippen LogP contribution in [0.25, 0.3) is 0 Å². The quantitative estimate of drug-likeness (QED) is 0.463. The van der Waals surface area contributed by atoms with Crippen LogP contribution < -0.4 is 0 Å². The first-order chi connectivity index (χ1) is 10.3. The molecule has 0 aromatic heterocycles. The first kappa shape index (κ1) is 16.9. The lowest BCUT2D eigenvalue weighted by molar-refractivity contribution is -0.387. The lowest BCUT2D eigenvalue weighted by Gasteiger charge is -2.13. The van der Waals surface area contributed by atoms with E-state index in [-0.39, 0.29) is 10.5 Å². The predicted octanol–water partition coefficient (Wildman–Crippen LogP) is 3.25. The number of halogens is 1. The van der Waals surface area contributed by atoms with Crippen molar-refractivity contribution < 1.29 is 18.1 Å². The number of carbonyl (C=O) groups is 1. The Bertz CT molecular complexity index is 723. The zero-order chi connectivity index (χ0) is 16.5. The number of hydrogen-bond acceptors (Lipinski definition) is 5. The van der Waals surface area contributed by atoms with Gasteiger partial charge in [-0.05, 0) is 42.5 Å². The second-order valence-electron chi connectivity index (χ2n) is 5.31. The Hall–Kier alpha value is -1.47. The minimum absolute atomic E-state index is 0.0127. The topological polar surface area (TPSA) is 94.3 Å². The van der Waals surface area contributed by atoms with Gasteiger partial charge in [-0.1, -0.05) is 19.8 Å². The molecule has 1 aliphatic carbocycles. The molecule has 1 aromatic carbocycles. The molecule has 0 radical (unpaired) electrons. The van der Waals surface area contributed by atoms with E-state index in [1.165, 1.54) is 6.07 Å². The van der Waals surface area contributed by atoms with Crippen LogP contribution in [0.15, 0.2) is 17.0 Å². The maximum atomic E-state index is 12.7. The molecule has 22 heavy (non-hydrogen) atoms. The Morgan fingerprint density at radius 1 is 1.36 bits per heavy atom. The van der Waals surface area contributed by atoms with E-state index in [0.717, 1.165) is 18.9 Å². The van der Waals surface area contributed by atoms with Crippen LogP contribution in [0.5, 0.6) is 0 Å². The molecule has 1 fully saturated rings. The molecule has 0 spiro atoms. The van der Waals surface area contributed by atoms with Gasteiger partial charge in [0.05, 0.1) is 10.2 Å². The molecule has 0 heterocycles. The fraction of sp³-hybridized carbons (Fsp3) is 0.500. The molecule has 8 heteroatoms. The molecule has 1 aromatic rings. The van der Waals surface area contributed by atoms with E-state index in [9.17, 15) is 23.3 Å². The number of hydrogen-bond donors (Lipinski definition) is 0. The molecule has 1 aliphatic rings. The second-order valence-corrected chi connectivity index (χ2v) is 7.85. The van der Waals surface area contributed by atoms with Crippen LogP contribution in [0.2, 0.25) is 0 Å². The van der Waals surface area contributed by atoms with Crippen LogP contribution in [0, 0.1) is 10.1 Å². The van der Waals surface area contributed by atoms with Crippen molar-refractivity contribution in [1.82, 2.24) is 0 Å². The lowest BCUT2D eigenvalue weighted by atomic mass is 10.1. The highest BCUT2D eigenvalue weighted by atomic mass is 35.5. The van der Waals surface area contributed by atoms with E-state index >= 15 is 0 Å². The van der Waals surface area contributed by atoms with Gasteiger partial charge in [0.1, 0.15) is 4.90 Å². The third-order valence-electron chi connectivity index (χ3n) is 4.02. The van der Waals surface area contributed by atoms with E-state index in [0.29, 0.717) is 24.8 Å². The van der Waals surface area contributed by atoms with Gasteiger partial charge in [-0.2, -0.15) is 0 Å². The lowest BCUT2D eigenvalue weighted by Crippen LogP contribution is -2.20. The average molecular weight is 346 g/mol. The average Bonchev–Trinajstić information content (AvgIpc) is 3.00. The third-order valence-corrected chi connectivity index (χ3v) is 6.51. The summed E-state index contributed by atoms with van der Waals surface area (Å²) in [6.07, 6.45) is 2.99. The summed E-state index contributed by atoms with van der Waals surface area (Å²) >= 11 is 5.45. The van der Waals surface area contributed by atoms with Crippen molar-refractivity contribution in [1.29, 1.82) is 0 Å². The van der Waals surface area contributed by atoms with Crippen LogP contribution in [-0.2, 0) is 16.3 Å². The van der Waals surface area contributed by atoms with Crippen molar-refractivity contribution in [3.63, 3.8) is 0 Å². The van der Waals surface area contributed by atoms with Crippen LogP contribution in [0.3, 0.4) is 0 Å². The largest absolute Gasteiger partial charge is 0.288 e. The molecule has 2 rings (SSSR count). The number of carbonyl (C=O) groups excluding carboxylic acids is 1. The van der Waals surface area contributed by atoms with Crippen LogP contribution in [0.4, 0.5) is 5.69 Å². The monoisotopic (exact) mass is 345 g/mol. The fourth-order valence-corrected chi connectivity index (χ4v) is 5.06. The highest BCUT2D eigenvalue weighted by molar-refractivity contribution is 7.92. The molecule has 0 bridgehead atoms. The molecule has 0 saturated heterocycles. The minimum Gasteiger partial charge on any atom is -0.276 e. The zero-order valence-corrected chi connectivity index (χ0v) is 13.6. The summed E-state index contributed by atoms with van der Waals surface area (Å²) in [6.45, 7) is 1.73. The van der Waals surface area contributed by atoms with Crippen molar-refractivity contribution in [2.45, 2.75) is 49.2 Å². The molecule has 120 valence electrons. The number of sulfone groups is 1. The van der Waals surface area contributed by atoms with Gasteiger partial charge in [0.2, 0.25) is 0 Å². The number of nitrogens with zero attached hydrogens (tertiary/aromatic N) is 1. The maximum Gasteiger partial charge on any atom is 0.288 e. The minimum atomic E-state index is -3.79. The predicted molar refractivity (Wildman–Crippen MR) is 82.1 cm³/mol. The number of aryl methyl sites for hydroxylation is 1. The molecule has 0 unspecified atom stereocenters. The molecular weight excluding hydrogens is 330 g/mol. The Morgan fingerprint density at radius 3 is 2.41 bits per heavy atom. The van der Waals surface area contributed by atoms with E-state index in [2.05, 4.69) is 0 Å². The van der Waals surface area contributed by atoms with Crippen molar-refractivity contribution in [3.8, 4) is 0 Å². The molecule has 6 nitrogen and oxygen atoms in total. The third kappa shape index (κ3) is 3.01. The summed E-state index contributed by atoms with van der Waals surface area (Å²) in [7, 11) is -3.79. The number of nitro benzene ring substituents is 1. The van der Waals surface area contributed by atoms with Crippen LogP contribution in [-0.4, -0.2) is 23.8 Å². The Kier molecular flexibility index (Phi) is 4.87. The van der Waals surface area contributed by atoms with Crippen LogP contribution in [0.1, 0.15) is 48.5 Å². The first-order valence-electron chi connectivity index (χ1n) is 7.04. The van der Waals surface area contributed by atoms with Gasteiger partial charge >= 0.3 is 0 Å². The highest BCUT2D eigenvalue weighted by Gasteiger charge is 2.36. The van der Waals surface area contributed by atoms with E-state index < -0.39 is 30.9 Å². The van der Waals surface area contributed by atoms with Crippen molar-refractivity contribution in [3.05, 3.63) is 33.4 Å². The summed E-state index contributed by atoms with van der Waals surface area (Å²) in [4.78, 5) is 21.6.